The molecular weight excluding hydrogens is 421 g/mol. The molecule has 0 saturated carbocycles. The van der Waals surface area contributed by atoms with E-state index in [1.165, 1.54) is 0 Å². The molecule has 1 amide bonds. The van der Waals surface area contributed by atoms with E-state index in [1.54, 1.807) is 12.3 Å². The number of carbonyl (C=O) groups is 1. The van der Waals surface area contributed by atoms with Crippen molar-refractivity contribution in [3.05, 3.63) is 53.7 Å². The third kappa shape index (κ3) is 6.42. The number of hydrogen-bond acceptors (Lipinski definition) is 5. The lowest BCUT2D eigenvalue weighted by Crippen LogP contribution is -2.36. The van der Waals surface area contributed by atoms with Crippen molar-refractivity contribution in [1.29, 1.82) is 0 Å². The zero-order valence-corrected chi connectivity index (χ0v) is 17.3. The van der Waals surface area contributed by atoms with Crippen molar-refractivity contribution < 1.29 is 26.4 Å². The molecule has 0 unspecified atom stereocenters. The molecule has 0 fully saturated rings. The van der Waals surface area contributed by atoms with Crippen molar-refractivity contribution in [1.82, 2.24) is 15.0 Å². The Morgan fingerprint density at radius 1 is 1.13 bits per heavy atom. The highest BCUT2D eigenvalue weighted by atomic mass is 32.2. The Morgan fingerprint density at radius 3 is 2.40 bits per heavy atom. The number of nitrogens with one attached hydrogen (secondary N) is 2. The molecule has 2 rings (SSSR count). The minimum absolute atomic E-state index is 0.135. The molecule has 0 aliphatic carbocycles. The van der Waals surface area contributed by atoms with Gasteiger partial charge in [-0.2, -0.15) is 13.2 Å². The van der Waals surface area contributed by atoms with E-state index < -0.39 is 39.1 Å². The zero-order chi connectivity index (χ0) is 22.4. The van der Waals surface area contributed by atoms with Gasteiger partial charge in [-0.3, -0.25) is 4.79 Å². The molecule has 0 bridgehead atoms. The average molecular weight is 444 g/mol. The first-order valence-corrected chi connectivity index (χ1v) is 10.7. The van der Waals surface area contributed by atoms with Gasteiger partial charge in [-0.1, -0.05) is 12.1 Å². The molecule has 2 aromatic rings. The van der Waals surface area contributed by atoms with Crippen molar-refractivity contribution in [2.45, 2.75) is 31.5 Å². The van der Waals surface area contributed by atoms with Crippen molar-refractivity contribution in [3.63, 3.8) is 0 Å². The van der Waals surface area contributed by atoms with E-state index >= 15 is 0 Å². The molecule has 0 spiro atoms. The average Bonchev–Trinajstić information content (AvgIpc) is 2.72. The fourth-order valence-corrected chi connectivity index (χ4v) is 3.63. The first-order chi connectivity index (χ1) is 14.1. The normalized spacial score (nSPS) is 11.9. The van der Waals surface area contributed by atoms with Crippen LogP contribution in [0, 0.1) is 0 Å². The Bertz CT molecular complexity index is 960. The van der Waals surface area contributed by atoms with Crippen LogP contribution in [-0.2, 0) is 27.5 Å². The number of carbonyl (C=O) groups excluding carboxylic acids is 1. The molecule has 2 N–H and O–H groups in total. The number of pyridine rings is 1. The Balaban J connectivity index is 1.91. The van der Waals surface area contributed by atoms with Gasteiger partial charge in [0.1, 0.15) is 5.82 Å². The Labute approximate surface area is 173 Å². The predicted octanol–water partition coefficient (Wildman–Crippen LogP) is 2.54. The SMILES string of the molecule is CCN(CC)c1ccc(CNC(=O)CNS(=O)(=O)c2cccc(C(F)(F)F)c2)cn1. The van der Waals surface area contributed by atoms with Gasteiger partial charge in [-0.15, -0.1) is 0 Å². The van der Waals surface area contributed by atoms with E-state index in [1.807, 2.05) is 24.6 Å². The van der Waals surface area contributed by atoms with Gasteiger partial charge in [0.15, 0.2) is 0 Å². The maximum atomic E-state index is 12.8. The highest BCUT2D eigenvalue weighted by molar-refractivity contribution is 7.89. The summed E-state index contributed by atoms with van der Waals surface area (Å²) in [5.74, 6) is 0.183. The molecule has 1 heterocycles. The molecule has 0 saturated heterocycles. The highest BCUT2D eigenvalue weighted by Crippen LogP contribution is 2.30. The summed E-state index contributed by atoms with van der Waals surface area (Å²) in [5.41, 5.74) is -0.365. The first kappa shape index (κ1) is 23.6. The number of alkyl halides is 3. The van der Waals surface area contributed by atoms with Gasteiger partial charge in [0, 0.05) is 25.8 Å². The molecule has 30 heavy (non-hydrogen) atoms. The number of rotatable bonds is 9. The van der Waals surface area contributed by atoms with E-state index in [9.17, 15) is 26.4 Å². The van der Waals surface area contributed by atoms with Crippen molar-refractivity contribution in [2.24, 2.45) is 0 Å². The van der Waals surface area contributed by atoms with Crippen LogP contribution in [0.3, 0.4) is 0 Å². The minimum atomic E-state index is -4.67. The largest absolute Gasteiger partial charge is 0.416 e. The molecule has 7 nitrogen and oxygen atoms in total. The topological polar surface area (TPSA) is 91.4 Å². The van der Waals surface area contributed by atoms with Gasteiger partial charge in [-0.05, 0) is 43.7 Å². The number of anilines is 1. The van der Waals surface area contributed by atoms with Crippen LogP contribution in [0.2, 0.25) is 0 Å². The summed E-state index contributed by atoms with van der Waals surface area (Å²) in [6, 6.07) is 6.93. The fraction of sp³-hybridized carbons (Fsp3) is 0.368. The van der Waals surface area contributed by atoms with Gasteiger partial charge in [0.05, 0.1) is 17.0 Å². The summed E-state index contributed by atoms with van der Waals surface area (Å²) in [5, 5.41) is 2.54. The summed E-state index contributed by atoms with van der Waals surface area (Å²) < 4.78 is 64.6. The quantitative estimate of drug-likeness (QED) is 0.620. The van der Waals surface area contributed by atoms with E-state index in [0.29, 0.717) is 6.07 Å². The predicted molar refractivity (Wildman–Crippen MR) is 106 cm³/mol. The summed E-state index contributed by atoms with van der Waals surface area (Å²) in [4.78, 5) is 17.8. The van der Waals surface area contributed by atoms with E-state index in [0.717, 1.165) is 42.7 Å². The van der Waals surface area contributed by atoms with Crippen LogP contribution in [0.1, 0.15) is 25.0 Å². The van der Waals surface area contributed by atoms with Gasteiger partial charge in [-0.25, -0.2) is 18.1 Å². The lowest BCUT2D eigenvalue weighted by atomic mass is 10.2. The number of sulfonamides is 1. The molecule has 0 aliphatic rings. The summed E-state index contributed by atoms with van der Waals surface area (Å²) in [6.07, 6.45) is -3.06. The van der Waals surface area contributed by atoms with Crippen LogP contribution in [0.4, 0.5) is 19.0 Å². The van der Waals surface area contributed by atoms with Crippen molar-refractivity contribution in [2.75, 3.05) is 24.5 Å². The third-order valence-electron chi connectivity index (χ3n) is 4.28. The summed E-state index contributed by atoms with van der Waals surface area (Å²) in [6.45, 7) is 5.18. The summed E-state index contributed by atoms with van der Waals surface area (Å²) in [7, 11) is -4.27. The molecule has 0 aliphatic heterocycles. The van der Waals surface area contributed by atoms with Crippen LogP contribution in [-0.4, -0.2) is 38.9 Å². The standard InChI is InChI=1S/C19H23F3N4O3S/c1-3-26(4-2)17-9-8-14(11-23-17)12-24-18(27)13-25-30(28,29)16-7-5-6-15(10-16)19(20,21)22/h5-11,25H,3-4,12-13H2,1-2H3,(H,24,27). The Kier molecular flexibility index (Phi) is 7.79. The van der Waals surface area contributed by atoms with E-state index in [2.05, 4.69) is 15.2 Å². The Morgan fingerprint density at radius 2 is 1.83 bits per heavy atom. The maximum absolute atomic E-state index is 12.8. The number of amides is 1. The second-order valence-electron chi connectivity index (χ2n) is 6.32. The minimum Gasteiger partial charge on any atom is -0.357 e. The lowest BCUT2D eigenvalue weighted by molar-refractivity contribution is -0.137. The number of benzene rings is 1. The third-order valence-corrected chi connectivity index (χ3v) is 5.68. The van der Waals surface area contributed by atoms with Gasteiger partial charge in [0.2, 0.25) is 15.9 Å². The van der Waals surface area contributed by atoms with Crippen LogP contribution in [0.5, 0.6) is 0 Å². The molecule has 11 heteroatoms. The number of nitrogens with zero attached hydrogens (tertiary/aromatic N) is 2. The number of halogens is 3. The van der Waals surface area contributed by atoms with Crippen LogP contribution < -0.4 is 14.9 Å². The van der Waals surface area contributed by atoms with Crippen LogP contribution in [0.25, 0.3) is 0 Å². The lowest BCUT2D eigenvalue weighted by Gasteiger charge is -2.19. The van der Waals surface area contributed by atoms with Gasteiger partial charge < -0.3 is 10.2 Å². The number of hydrogen-bond donors (Lipinski definition) is 2. The Hall–Kier alpha value is -2.66. The second kappa shape index (κ2) is 9.90. The van der Waals surface area contributed by atoms with Crippen molar-refractivity contribution in [3.8, 4) is 0 Å². The van der Waals surface area contributed by atoms with Crippen LogP contribution >= 0.6 is 0 Å². The molecule has 1 aromatic carbocycles. The molecule has 0 atom stereocenters. The van der Waals surface area contributed by atoms with Gasteiger partial charge >= 0.3 is 6.18 Å². The molecule has 164 valence electrons. The zero-order valence-electron chi connectivity index (χ0n) is 16.5. The second-order valence-corrected chi connectivity index (χ2v) is 8.09. The molecule has 1 aromatic heterocycles. The molecular formula is C19H23F3N4O3S. The smallest absolute Gasteiger partial charge is 0.357 e. The highest BCUT2D eigenvalue weighted by Gasteiger charge is 2.31. The summed E-state index contributed by atoms with van der Waals surface area (Å²) >= 11 is 0. The fourth-order valence-electron chi connectivity index (χ4n) is 2.60. The number of aromatic nitrogens is 1. The van der Waals surface area contributed by atoms with Crippen LogP contribution in [0.15, 0.2) is 47.5 Å². The van der Waals surface area contributed by atoms with E-state index in [4.69, 9.17) is 0 Å². The van der Waals surface area contributed by atoms with Gasteiger partial charge in [0.25, 0.3) is 0 Å². The maximum Gasteiger partial charge on any atom is 0.416 e. The van der Waals surface area contributed by atoms with Crippen molar-refractivity contribution >= 4 is 21.7 Å². The first-order valence-electron chi connectivity index (χ1n) is 9.20. The van der Waals surface area contributed by atoms with E-state index in [-0.39, 0.29) is 6.54 Å². The molecule has 0 radical (unpaired) electrons. The monoisotopic (exact) mass is 444 g/mol.